The lowest BCUT2D eigenvalue weighted by Crippen LogP contribution is -2.04. The number of aromatic nitrogens is 3. The van der Waals surface area contributed by atoms with Gasteiger partial charge in [-0.1, -0.05) is 6.07 Å². The van der Waals surface area contributed by atoms with Crippen LogP contribution in [0.5, 0.6) is 0 Å². The van der Waals surface area contributed by atoms with E-state index >= 15 is 0 Å². The first-order chi connectivity index (χ1) is 8.88. The monoisotopic (exact) mass is 277 g/mol. The van der Waals surface area contributed by atoms with Gasteiger partial charge in [-0.2, -0.15) is 0 Å². The van der Waals surface area contributed by atoms with Crippen LogP contribution in [-0.2, 0) is 18.8 Å². The molecule has 92 valence electrons. The minimum Gasteiger partial charge on any atom is -0.327 e. The zero-order valence-electron chi connectivity index (χ0n) is 9.71. The van der Waals surface area contributed by atoms with Crippen LogP contribution in [0.1, 0.15) is 10.7 Å². The van der Waals surface area contributed by atoms with E-state index in [9.17, 15) is 0 Å². The predicted octanol–water partition coefficient (Wildman–Crippen LogP) is 3.47. The highest BCUT2D eigenvalue weighted by molar-refractivity contribution is 7.09. The molecule has 0 saturated heterocycles. The van der Waals surface area contributed by atoms with Gasteiger partial charge in [-0.25, -0.2) is 4.98 Å². The summed E-state index contributed by atoms with van der Waals surface area (Å²) in [5.74, 6) is 1.34. The van der Waals surface area contributed by atoms with Crippen molar-refractivity contribution in [2.45, 2.75) is 18.8 Å². The van der Waals surface area contributed by atoms with E-state index in [0.29, 0.717) is 5.88 Å². The maximum Gasteiger partial charge on any atom is 0.124 e. The summed E-state index contributed by atoms with van der Waals surface area (Å²) in [6.07, 6.45) is 4.59. The van der Waals surface area contributed by atoms with Gasteiger partial charge in [0.25, 0.3) is 0 Å². The third kappa shape index (κ3) is 2.13. The van der Waals surface area contributed by atoms with Crippen molar-refractivity contribution in [3.8, 4) is 0 Å². The van der Waals surface area contributed by atoms with E-state index < -0.39 is 0 Å². The quantitative estimate of drug-likeness (QED) is 0.684. The summed E-state index contributed by atoms with van der Waals surface area (Å²) in [7, 11) is 0. The summed E-state index contributed by atoms with van der Waals surface area (Å²) < 4.78 is 2.18. The van der Waals surface area contributed by atoms with Gasteiger partial charge in [-0.15, -0.1) is 22.9 Å². The molecule has 5 heteroatoms. The van der Waals surface area contributed by atoms with Crippen LogP contribution in [0, 0.1) is 0 Å². The van der Waals surface area contributed by atoms with Gasteiger partial charge in [0.15, 0.2) is 0 Å². The molecule has 0 atom stereocenters. The van der Waals surface area contributed by atoms with E-state index in [0.717, 1.165) is 29.8 Å². The molecule has 0 bridgehead atoms. The van der Waals surface area contributed by atoms with E-state index in [1.165, 1.54) is 4.88 Å². The van der Waals surface area contributed by atoms with Crippen LogP contribution in [0.3, 0.4) is 0 Å². The Balaban J connectivity index is 1.94. The molecule has 3 nitrogen and oxygen atoms in total. The Morgan fingerprint density at radius 3 is 3.06 bits per heavy atom. The summed E-state index contributed by atoms with van der Waals surface area (Å²) in [6, 6.07) is 6.23. The molecule has 0 spiro atoms. The molecule has 0 N–H and O–H groups in total. The van der Waals surface area contributed by atoms with Crippen molar-refractivity contribution in [2.24, 2.45) is 0 Å². The van der Waals surface area contributed by atoms with E-state index in [2.05, 4.69) is 32.0 Å². The number of rotatable bonds is 4. The topological polar surface area (TPSA) is 30.7 Å². The fourth-order valence-electron chi connectivity index (χ4n) is 2.06. The second kappa shape index (κ2) is 5.08. The average molecular weight is 278 g/mol. The summed E-state index contributed by atoms with van der Waals surface area (Å²) in [4.78, 5) is 9.98. The molecule has 3 aromatic rings. The number of aryl methyl sites for hydroxylation is 2. The number of pyridine rings is 1. The highest BCUT2D eigenvalue weighted by atomic mass is 35.5. The Kier molecular flexibility index (Phi) is 3.30. The van der Waals surface area contributed by atoms with Gasteiger partial charge in [0.2, 0.25) is 0 Å². The van der Waals surface area contributed by atoms with E-state index in [1.807, 2.05) is 6.07 Å². The molecule has 3 aromatic heterocycles. The molecule has 3 heterocycles. The number of hydrogen-bond donors (Lipinski definition) is 0. The molecule has 0 fully saturated rings. The Morgan fingerprint density at radius 1 is 1.33 bits per heavy atom. The van der Waals surface area contributed by atoms with Crippen LogP contribution >= 0.6 is 22.9 Å². The van der Waals surface area contributed by atoms with Gasteiger partial charge < -0.3 is 4.57 Å². The molecule has 0 amide bonds. The molecule has 18 heavy (non-hydrogen) atoms. The van der Waals surface area contributed by atoms with Gasteiger partial charge in [0.05, 0.1) is 17.6 Å². The number of fused-ring (bicyclic) bond motifs is 1. The normalized spacial score (nSPS) is 11.2. The highest BCUT2D eigenvalue weighted by Crippen LogP contribution is 2.18. The lowest BCUT2D eigenvalue weighted by molar-refractivity contribution is 0.693. The molecular formula is C13H12ClN3S. The van der Waals surface area contributed by atoms with Crippen molar-refractivity contribution < 1.29 is 0 Å². The van der Waals surface area contributed by atoms with Crippen molar-refractivity contribution in [1.29, 1.82) is 0 Å². The Labute approximate surface area is 114 Å². The minimum atomic E-state index is 0.430. The maximum atomic E-state index is 5.96. The second-order valence-electron chi connectivity index (χ2n) is 4.01. The zero-order chi connectivity index (χ0) is 12.4. The van der Waals surface area contributed by atoms with Crippen molar-refractivity contribution >= 4 is 34.0 Å². The molecule has 0 saturated carbocycles. The largest absolute Gasteiger partial charge is 0.327 e. The molecule has 0 aliphatic rings. The van der Waals surface area contributed by atoms with Crippen molar-refractivity contribution in [3.05, 3.63) is 46.7 Å². The van der Waals surface area contributed by atoms with Crippen LogP contribution in [0.25, 0.3) is 11.0 Å². The maximum absolute atomic E-state index is 5.96. The van der Waals surface area contributed by atoms with Gasteiger partial charge >= 0.3 is 0 Å². The van der Waals surface area contributed by atoms with Gasteiger partial charge in [-0.05, 0) is 23.9 Å². The first-order valence-electron chi connectivity index (χ1n) is 5.76. The fraction of sp³-hybridized carbons (Fsp3) is 0.231. The average Bonchev–Trinajstić information content (AvgIpc) is 3.03. The summed E-state index contributed by atoms with van der Waals surface area (Å²) in [5.41, 5.74) is 2.02. The summed E-state index contributed by atoms with van der Waals surface area (Å²) >= 11 is 7.75. The van der Waals surface area contributed by atoms with E-state index in [-0.39, 0.29) is 0 Å². The number of alkyl halides is 1. The van der Waals surface area contributed by atoms with Gasteiger partial charge in [0, 0.05) is 17.6 Å². The van der Waals surface area contributed by atoms with Crippen molar-refractivity contribution in [2.75, 3.05) is 0 Å². The Bertz CT molecular complexity index is 645. The number of nitrogens with zero attached hydrogens (tertiary/aromatic N) is 3. The lowest BCUT2D eigenvalue weighted by Gasteiger charge is -2.06. The highest BCUT2D eigenvalue weighted by Gasteiger charge is 2.09. The molecule has 0 unspecified atom stereocenters. The van der Waals surface area contributed by atoms with Crippen LogP contribution in [0.15, 0.2) is 36.0 Å². The number of thiophene rings is 1. The van der Waals surface area contributed by atoms with Crippen LogP contribution < -0.4 is 0 Å². The van der Waals surface area contributed by atoms with Gasteiger partial charge in [-0.3, -0.25) is 4.98 Å². The zero-order valence-corrected chi connectivity index (χ0v) is 11.3. The number of hydrogen-bond acceptors (Lipinski definition) is 3. The third-order valence-corrected chi connectivity index (χ3v) is 4.09. The van der Waals surface area contributed by atoms with Crippen molar-refractivity contribution in [1.82, 2.24) is 14.5 Å². The van der Waals surface area contributed by atoms with Crippen LogP contribution in [0.2, 0.25) is 0 Å². The fourth-order valence-corrected chi connectivity index (χ4v) is 2.96. The summed E-state index contributed by atoms with van der Waals surface area (Å²) in [5, 5.41) is 2.10. The smallest absolute Gasteiger partial charge is 0.124 e. The second-order valence-corrected chi connectivity index (χ2v) is 5.31. The Hall–Kier alpha value is -1.39. The predicted molar refractivity (Wildman–Crippen MR) is 75.1 cm³/mol. The summed E-state index contributed by atoms with van der Waals surface area (Å²) in [6.45, 7) is 0.906. The molecule has 0 aromatic carbocycles. The molecular weight excluding hydrogens is 266 g/mol. The first kappa shape index (κ1) is 11.7. The number of halogens is 1. The lowest BCUT2D eigenvalue weighted by atomic mass is 10.3. The van der Waals surface area contributed by atoms with E-state index in [4.69, 9.17) is 11.6 Å². The molecule has 0 radical (unpaired) electrons. The van der Waals surface area contributed by atoms with E-state index in [1.54, 1.807) is 23.7 Å². The Morgan fingerprint density at radius 2 is 2.28 bits per heavy atom. The SMILES string of the molecule is ClCc1nc2cnccc2n1CCc1cccs1. The van der Waals surface area contributed by atoms with Gasteiger partial charge in [0.1, 0.15) is 11.3 Å². The molecule has 0 aliphatic heterocycles. The van der Waals surface area contributed by atoms with Crippen molar-refractivity contribution in [3.63, 3.8) is 0 Å². The first-order valence-corrected chi connectivity index (χ1v) is 7.17. The van der Waals surface area contributed by atoms with Crippen LogP contribution in [-0.4, -0.2) is 14.5 Å². The standard InChI is InChI=1S/C13H12ClN3S/c14-8-13-16-11-9-15-5-3-12(11)17(13)6-4-10-2-1-7-18-10/h1-3,5,7,9H,4,6,8H2. The minimum absolute atomic E-state index is 0.430. The number of imidazole rings is 1. The molecule has 0 aliphatic carbocycles. The third-order valence-electron chi connectivity index (χ3n) is 2.91. The molecule has 3 rings (SSSR count). The van der Waals surface area contributed by atoms with Crippen LogP contribution in [0.4, 0.5) is 0 Å².